The maximum atomic E-state index is 12.1. The predicted octanol–water partition coefficient (Wildman–Crippen LogP) is 2.17. The highest BCUT2D eigenvalue weighted by molar-refractivity contribution is 6.05. The molecule has 2 aliphatic rings. The summed E-state index contributed by atoms with van der Waals surface area (Å²) >= 11 is 0. The van der Waals surface area contributed by atoms with Gasteiger partial charge in [0.05, 0.1) is 0 Å². The first kappa shape index (κ1) is 15.5. The number of piperidine rings is 1. The van der Waals surface area contributed by atoms with E-state index in [1.54, 1.807) is 6.08 Å². The van der Waals surface area contributed by atoms with Gasteiger partial charge >= 0.3 is 0 Å². The topological polar surface area (TPSA) is 53.5 Å². The van der Waals surface area contributed by atoms with Crippen LogP contribution in [-0.2, 0) is 9.59 Å². The highest BCUT2D eigenvalue weighted by Crippen LogP contribution is 2.22. The van der Waals surface area contributed by atoms with Crippen LogP contribution in [0, 0.1) is 5.92 Å². The van der Waals surface area contributed by atoms with Crippen molar-refractivity contribution in [3.8, 4) is 0 Å². The third kappa shape index (κ3) is 3.86. The molecule has 1 fully saturated rings. The maximum absolute atomic E-state index is 12.1. The van der Waals surface area contributed by atoms with Crippen LogP contribution in [-0.4, -0.2) is 41.3 Å². The van der Waals surface area contributed by atoms with Gasteiger partial charge in [0.15, 0.2) is 0 Å². The zero-order valence-electron chi connectivity index (χ0n) is 13.1. The second-order valence-electron chi connectivity index (χ2n) is 5.89. The molecule has 0 saturated carbocycles. The monoisotopic (exact) mass is 311 g/mol. The highest BCUT2D eigenvalue weighted by atomic mass is 16.2. The van der Waals surface area contributed by atoms with Crippen LogP contribution in [0.5, 0.6) is 0 Å². The zero-order valence-corrected chi connectivity index (χ0v) is 13.1. The lowest BCUT2D eigenvalue weighted by atomic mass is 9.96. The molecular formula is C18H21N3O2. The lowest BCUT2D eigenvalue weighted by Crippen LogP contribution is -2.37. The Morgan fingerprint density at radius 3 is 2.74 bits per heavy atom. The standard InChI is InChI=1S/C18H21N3O2/c22-17-6-2-4-12-21(17)18(23)8-7-15-9-13-20(14-10-15)16-5-1-3-11-19-16/h1-3,5-8,11,15H,4,9-10,12-14H2. The summed E-state index contributed by atoms with van der Waals surface area (Å²) in [5.74, 6) is 0.980. The summed E-state index contributed by atoms with van der Waals surface area (Å²) in [7, 11) is 0. The van der Waals surface area contributed by atoms with Crippen LogP contribution in [0.2, 0.25) is 0 Å². The van der Waals surface area contributed by atoms with Gasteiger partial charge in [0, 0.05) is 25.8 Å². The van der Waals surface area contributed by atoms with Crippen LogP contribution in [0.4, 0.5) is 5.82 Å². The first-order valence-corrected chi connectivity index (χ1v) is 8.10. The molecule has 120 valence electrons. The molecule has 3 heterocycles. The number of amides is 2. The van der Waals surface area contributed by atoms with E-state index < -0.39 is 0 Å². The van der Waals surface area contributed by atoms with Crippen molar-refractivity contribution in [1.29, 1.82) is 0 Å². The van der Waals surface area contributed by atoms with Crippen molar-refractivity contribution in [2.75, 3.05) is 24.5 Å². The number of rotatable bonds is 3. The van der Waals surface area contributed by atoms with E-state index in [2.05, 4.69) is 9.88 Å². The minimum Gasteiger partial charge on any atom is -0.357 e. The molecule has 0 aliphatic carbocycles. The molecule has 0 aromatic carbocycles. The third-order valence-corrected chi connectivity index (χ3v) is 4.34. The van der Waals surface area contributed by atoms with Crippen molar-refractivity contribution in [2.24, 2.45) is 5.92 Å². The molecule has 2 aliphatic heterocycles. The summed E-state index contributed by atoms with van der Waals surface area (Å²) < 4.78 is 0. The second kappa shape index (κ2) is 7.22. The van der Waals surface area contributed by atoms with E-state index in [-0.39, 0.29) is 11.8 Å². The molecule has 0 N–H and O–H groups in total. The van der Waals surface area contributed by atoms with Crippen molar-refractivity contribution in [3.05, 3.63) is 48.7 Å². The van der Waals surface area contributed by atoms with Crippen LogP contribution in [0.25, 0.3) is 0 Å². The molecule has 0 atom stereocenters. The van der Waals surface area contributed by atoms with E-state index in [4.69, 9.17) is 0 Å². The number of anilines is 1. The zero-order chi connectivity index (χ0) is 16.1. The fourth-order valence-corrected chi connectivity index (χ4v) is 2.98. The fourth-order valence-electron chi connectivity index (χ4n) is 2.98. The van der Waals surface area contributed by atoms with Crippen LogP contribution in [0.15, 0.2) is 48.7 Å². The number of allylic oxidation sites excluding steroid dienone is 1. The molecule has 0 spiro atoms. The molecule has 3 rings (SSSR count). The Morgan fingerprint density at radius 2 is 2.04 bits per heavy atom. The van der Waals surface area contributed by atoms with Gasteiger partial charge in [-0.25, -0.2) is 4.98 Å². The number of carbonyl (C=O) groups excluding carboxylic acids is 2. The van der Waals surface area contributed by atoms with Crippen molar-refractivity contribution in [1.82, 2.24) is 9.88 Å². The predicted molar refractivity (Wildman–Crippen MR) is 88.8 cm³/mol. The molecule has 23 heavy (non-hydrogen) atoms. The van der Waals surface area contributed by atoms with Gasteiger partial charge in [-0.15, -0.1) is 0 Å². The van der Waals surface area contributed by atoms with Crippen molar-refractivity contribution in [2.45, 2.75) is 19.3 Å². The summed E-state index contributed by atoms with van der Waals surface area (Å²) in [4.78, 5) is 31.7. The van der Waals surface area contributed by atoms with E-state index >= 15 is 0 Å². The number of pyridine rings is 1. The Kier molecular flexibility index (Phi) is 4.86. The van der Waals surface area contributed by atoms with Gasteiger partial charge < -0.3 is 4.90 Å². The molecule has 0 unspecified atom stereocenters. The van der Waals surface area contributed by atoms with E-state index in [1.165, 1.54) is 11.0 Å². The van der Waals surface area contributed by atoms with Gasteiger partial charge in [-0.1, -0.05) is 18.2 Å². The van der Waals surface area contributed by atoms with Crippen molar-refractivity contribution < 1.29 is 9.59 Å². The molecule has 0 radical (unpaired) electrons. The van der Waals surface area contributed by atoms with Gasteiger partial charge in [0.25, 0.3) is 11.8 Å². The van der Waals surface area contributed by atoms with Gasteiger partial charge in [-0.05, 0) is 49.5 Å². The number of hydrogen-bond acceptors (Lipinski definition) is 4. The molecule has 1 saturated heterocycles. The average molecular weight is 311 g/mol. The Hall–Kier alpha value is -2.43. The van der Waals surface area contributed by atoms with Crippen molar-refractivity contribution in [3.63, 3.8) is 0 Å². The summed E-state index contributed by atoms with van der Waals surface area (Å²) in [5, 5.41) is 0. The molecule has 5 nitrogen and oxygen atoms in total. The largest absolute Gasteiger partial charge is 0.357 e. The van der Waals surface area contributed by atoms with E-state index in [0.29, 0.717) is 12.5 Å². The molecule has 5 heteroatoms. The fraction of sp³-hybridized carbons (Fsp3) is 0.389. The minimum atomic E-state index is -0.212. The minimum absolute atomic E-state index is 0.202. The Morgan fingerprint density at radius 1 is 1.22 bits per heavy atom. The van der Waals surface area contributed by atoms with Crippen molar-refractivity contribution >= 4 is 17.6 Å². The summed E-state index contributed by atoms with van der Waals surface area (Å²) in [6.07, 6.45) is 11.4. The molecule has 2 amide bonds. The molecular weight excluding hydrogens is 290 g/mol. The van der Waals surface area contributed by atoms with Gasteiger partial charge in [-0.3, -0.25) is 14.5 Å². The van der Waals surface area contributed by atoms with Crippen LogP contribution in [0.3, 0.4) is 0 Å². The van der Waals surface area contributed by atoms with E-state index in [9.17, 15) is 9.59 Å². The summed E-state index contributed by atoms with van der Waals surface area (Å²) in [6.45, 7) is 2.35. The number of nitrogens with zero attached hydrogens (tertiary/aromatic N) is 3. The van der Waals surface area contributed by atoms with Gasteiger partial charge in [-0.2, -0.15) is 0 Å². The number of hydrogen-bond donors (Lipinski definition) is 0. The van der Waals surface area contributed by atoms with Crippen LogP contribution in [0.1, 0.15) is 19.3 Å². The number of imide groups is 1. The second-order valence-corrected chi connectivity index (χ2v) is 5.89. The highest BCUT2D eigenvalue weighted by Gasteiger charge is 2.21. The normalized spacial score (nSPS) is 19.6. The molecule has 1 aromatic heterocycles. The smallest absolute Gasteiger partial charge is 0.253 e. The van der Waals surface area contributed by atoms with Gasteiger partial charge in [0.2, 0.25) is 0 Å². The quantitative estimate of drug-likeness (QED) is 0.803. The maximum Gasteiger partial charge on any atom is 0.253 e. The van der Waals surface area contributed by atoms with Crippen LogP contribution >= 0.6 is 0 Å². The third-order valence-electron chi connectivity index (χ3n) is 4.34. The molecule has 1 aromatic rings. The number of carbonyl (C=O) groups is 2. The summed E-state index contributed by atoms with van der Waals surface area (Å²) in [6, 6.07) is 5.94. The van der Waals surface area contributed by atoms with Gasteiger partial charge in [0.1, 0.15) is 5.82 Å². The first-order chi connectivity index (χ1) is 11.2. The lowest BCUT2D eigenvalue weighted by molar-refractivity contribution is -0.139. The van der Waals surface area contributed by atoms with E-state index in [1.807, 2.05) is 36.5 Å². The molecule has 0 bridgehead atoms. The van der Waals surface area contributed by atoms with E-state index in [0.717, 1.165) is 38.2 Å². The Labute approximate surface area is 136 Å². The van der Waals surface area contributed by atoms with Crippen LogP contribution < -0.4 is 4.90 Å². The first-order valence-electron chi connectivity index (χ1n) is 8.10. The average Bonchev–Trinajstić information content (AvgIpc) is 2.61. The Balaban J connectivity index is 1.51. The summed E-state index contributed by atoms with van der Waals surface area (Å²) in [5.41, 5.74) is 0. The SMILES string of the molecule is O=C1C=CCCN1C(=O)C=CC1CCN(c2ccccn2)CC1. The Bertz CT molecular complexity index is 616. The lowest BCUT2D eigenvalue weighted by Gasteiger charge is -2.31. The number of aromatic nitrogens is 1.